The number of urea groups is 1. The molecule has 2 amide bonds. The van der Waals surface area contributed by atoms with E-state index in [0.29, 0.717) is 5.71 Å². The molecule has 104 valence electrons. The maximum Gasteiger partial charge on any atom is 0.345 e. The first-order valence-corrected chi connectivity index (χ1v) is 7.27. The second-order valence-electron chi connectivity index (χ2n) is 4.06. The molecule has 1 heterocycles. The van der Waals surface area contributed by atoms with Gasteiger partial charge in [0.15, 0.2) is 0 Å². The first-order valence-electron chi connectivity index (χ1n) is 6.29. The SMILES string of the molecule is CCSNC(=O)N/N=C(\C)c1ccc2ccccc2n1. The monoisotopic (exact) mass is 288 g/mol. The van der Waals surface area contributed by atoms with E-state index in [0.717, 1.165) is 22.3 Å². The van der Waals surface area contributed by atoms with Gasteiger partial charge in [-0.25, -0.2) is 15.2 Å². The third-order valence-corrected chi connectivity index (χ3v) is 3.22. The number of nitrogens with one attached hydrogen (secondary N) is 2. The van der Waals surface area contributed by atoms with Gasteiger partial charge in [-0.05, 0) is 31.0 Å². The number of para-hydroxylation sites is 1. The van der Waals surface area contributed by atoms with Crippen LogP contribution in [0.5, 0.6) is 0 Å². The summed E-state index contributed by atoms with van der Waals surface area (Å²) in [5.41, 5.74) is 4.75. The molecule has 20 heavy (non-hydrogen) atoms. The van der Waals surface area contributed by atoms with Crippen molar-refractivity contribution >= 4 is 34.6 Å². The number of aromatic nitrogens is 1. The molecule has 0 unspecified atom stereocenters. The molecular weight excluding hydrogens is 272 g/mol. The number of benzene rings is 1. The van der Waals surface area contributed by atoms with E-state index < -0.39 is 0 Å². The highest BCUT2D eigenvalue weighted by atomic mass is 32.2. The molecule has 1 aromatic heterocycles. The summed E-state index contributed by atoms with van der Waals surface area (Å²) >= 11 is 1.32. The normalized spacial score (nSPS) is 11.4. The number of hydrogen-bond donors (Lipinski definition) is 2. The van der Waals surface area contributed by atoms with Gasteiger partial charge in [-0.15, -0.1) is 0 Å². The van der Waals surface area contributed by atoms with Crippen LogP contribution in [-0.2, 0) is 0 Å². The average Bonchev–Trinajstić information content (AvgIpc) is 2.50. The number of pyridine rings is 1. The van der Waals surface area contributed by atoms with Crippen LogP contribution in [0, 0.1) is 0 Å². The number of amides is 2. The highest BCUT2D eigenvalue weighted by molar-refractivity contribution is 7.97. The molecule has 1 aromatic carbocycles. The minimum absolute atomic E-state index is 0.336. The van der Waals surface area contributed by atoms with Crippen LogP contribution in [0.25, 0.3) is 10.9 Å². The first-order chi connectivity index (χ1) is 9.70. The number of rotatable bonds is 4. The van der Waals surface area contributed by atoms with Gasteiger partial charge in [0.1, 0.15) is 0 Å². The quantitative estimate of drug-likeness (QED) is 0.516. The summed E-state index contributed by atoms with van der Waals surface area (Å²) in [6, 6.07) is 11.4. The second-order valence-corrected chi connectivity index (χ2v) is 5.13. The zero-order valence-electron chi connectivity index (χ0n) is 11.4. The predicted molar refractivity (Wildman–Crippen MR) is 83.8 cm³/mol. The lowest BCUT2D eigenvalue weighted by molar-refractivity contribution is 0.247. The Morgan fingerprint density at radius 2 is 2.10 bits per heavy atom. The minimum atomic E-state index is -0.336. The Balaban J connectivity index is 2.10. The molecule has 0 aliphatic rings. The number of hydrogen-bond acceptors (Lipinski definition) is 4. The number of carbonyl (C=O) groups is 1. The molecule has 0 saturated carbocycles. The van der Waals surface area contributed by atoms with Crippen LogP contribution in [0.3, 0.4) is 0 Å². The molecule has 0 fully saturated rings. The van der Waals surface area contributed by atoms with E-state index in [1.165, 1.54) is 11.9 Å². The summed E-state index contributed by atoms with van der Waals surface area (Å²) in [7, 11) is 0. The topological polar surface area (TPSA) is 66.4 Å². The van der Waals surface area contributed by atoms with Gasteiger partial charge >= 0.3 is 6.03 Å². The van der Waals surface area contributed by atoms with E-state index in [1.54, 1.807) is 0 Å². The zero-order chi connectivity index (χ0) is 14.4. The number of nitrogens with zero attached hydrogens (tertiary/aromatic N) is 2. The summed E-state index contributed by atoms with van der Waals surface area (Å²) in [6.07, 6.45) is 0. The van der Waals surface area contributed by atoms with Gasteiger partial charge in [0.05, 0.1) is 16.9 Å². The van der Waals surface area contributed by atoms with Gasteiger partial charge in [-0.3, -0.25) is 4.72 Å². The lowest BCUT2D eigenvalue weighted by Crippen LogP contribution is -2.28. The largest absolute Gasteiger partial charge is 0.345 e. The van der Waals surface area contributed by atoms with Crippen molar-refractivity contribution in [2.45, 2.75) is 13.8 Å². The maximum atomic E-state index is 11.4. The molecule has 0 atom stereocenters. The zero-order valence-corrected chi connectivity index (χ0v) is 12.2. The molecule has 0 saturated heterocycles. The molecule has 6 heteroatoms. The van der Waals surface area contributed by atoms with Crippen molar-refractivity contribution in [3.8, 4) is 0 Å². The summed E-state index contributed by atoms with van der Waals surface area (Å²) in [6.45, 7) is 3.77. The van der Waals surface area contributed by atoms with Crippen LogP contribution in [0.2, 0.25) is 0 Å². The molecule has 5 nitrogen and oxygen atoms in total. The smallest absolute Gasteiger partial charge is 0.280 e. The Kier molecular flexibility index (Phi) is 4.95. The van der Waals surface area contributed by atoms with Crippen LogP contribution in [-0.4, -0.2) is 22.5 Å². The van der Waals surface area contributed by atoms with E-state index in [4.69, 9.17) is 0 Å². The van der Waals surface area contributed by atoms with E-state index >= 15 is 0 Å². The number of carbonyl (C=O) groups excluding carboxylic acids is 1. The standard InChI is InChI=1S/C14H16N4OS/c1-3-20-18-14(19)17-16-10(2)12-9-8-11-6-4-5-7-13(11)15-12/h4-9H,3H2,1-2H3,(H2,17,18,19)/b16-10+. The predicted octanol–water partition coefficient (Wildman–Crippen LogP) is 2.93. The second kappa shape index (κ2) is 6.91. The Labute approximate surface area is 122 Å². The van der Waals surface area contributed by atoms with Gasteiger partial charge in [0.25, 0.3) is 0 Å². The van der Waals surface area contributed by atoms with Crippen molar-refractivity contribution in [2.24, 2.45) is 5.10 Å². The lowest BCUT2D eigenvalue weighted by Gasteiger charge is -2.04. The van der Waals surface area contributed by atoms with Gasteiger partial charge in [0.2, 0.25) is 0 Å². The highest BCUT2D eigenvalue weighted by Gasteiger charge is 2.03. The van der Waals surface area contributed by atoms with Gasteiger partial charge in [-0.2, -0.15) is 5.10 Å². The summed E-state index contributed by atoms with van der Waals surface area (Å²) < 4.78 is 2.61. The molecule has 0 spiro atoms. The molecular formula is C14H16N4OS. The Bertz CT molecular complexity index is 642. The Morgan fingerprint density at radius 3 is 2.90 bits per heavy atom. The molecule has 2 rings (SSSR count). The highest BCUT2D eigenvalue weighted by Crippen LogP contribution is 2.12. The fraction of sp³-hybridized carbons (Fsp3) is 0.214. The Hall–Kier alpha value is -2.08. The van der Waals surface area contributed by atoms with Crippen molar-refractivity contribution < 1.29 is 4.79 Å². The van der Waals surface area contributed by atoms with Crippen molar-refractivity contribution in [1.29, 1.82) is 0 Å². The fourth-order valence-electron chi connectivity index (χ4n) is 1.62. The molecule has 0 bridgehead atoms. The molecule has 0 aliphatic heterocycles. The first kappa shape index (κ1) is 14.3. The minimum Gasteiger partial charge on any atom is -0.280 e. The lowest BCUT2D eigenvalue weighted by atomic mass is 10.2. The van der Waals surface area contributed by atoms with E-state index in [-0.39, 0.29) is 6.03 Å². The van der Waals surface area contributed by atoms with Crippen LogP contribution in [0.1, 0.15) is 19.5 Å². The molecule has 2 N–H and O–H groups in total. The summed E-state index contributed by atoms with van der Waals surface area (Å²) in [5.74, 6) is 0.808. The molecule has 0 aliphatic carbocycles. The summed E-state index contributed by atoms with van der Waals surface area (Å²) in [5, 5.41) is 5.11. The van der Waals surface area contributed by atoms with Crippen LogP contribution in [0.15, 0.2) is 41.5 Å². The van der Waals surface area contributed by atoms with Gasteiger partial charge < -0.3 is 0 Å². The number of hydrazone groups is 1. The van der Waals surface area contributed by atoms with Crippen LogP contribution in [0.4, 0.5) is 4.79 Å². The Morgan fingerprint density at radius 1 is 1.30 bits per heavy atom. The van der Waals surface area contributed by atoms with E-state index in [2.05, 4.69) is 20.2 Å². The fourth-order valence-corrected chi connectivity index (χ4v) is 1.94. The summed E-state index contributed by atoms with van der Waals surface area (Å²) in [4.78, 5) is 15.9. The third-order valence-electron chi connectivity index (χ3n) is 2.60. The van der Waals surface area contributed by atoms with Gasteiger partial charge in [-0.1, -0.05) is 31.2 Å². The third kappa shape index (κ3) is 3.71. The molecule has 0 radical (unpaired) electrons. The maximum absolute atomic E-state index is 11.4. The van der Waals surface area contributed by atoms with Crippen LogP contribution >= 0.6 is 11.9 Å². The van der Waals surface area contributed by atoms with Crippen molar-refractivity contribution in [2.75, 3.05) is 5.75 Å². The number of fused-ring (bicyclic) bond motifs is 1. The van der Waals surface area contributed by atoms with E-state index in [9.17, 15) is 4.79 Å². The van der Waals surface area contributed by atoms with Gasteiger partial charge in [0, 0.05) is 11.1 Å². The van der Waals surface area contributed by atoms with E-state index in [1.807, 2.05) is 50.2 Å². The average molecular weight is 288 g/mol. The molecule has 2 aromatic rings. The van der Waals surface area contributed by atoms with Crippen molar-refractivity contribution in [3.63, 3.8) is 0 Å². The van der Waals surface area contributed by atoms with Crippen molar-refractivity contribution in [1.82, 2.24) is 15.1 Å². The van der Waals surface area contributed by atoms with Crippen molar-refractivity contribution in [3.05, 3.63) is 42.1 Å². The van der Waals surface area contributed by atoms with Crippen LogP contribution < -0.4 is 10.1 Å².